The van der Waals surface area contributed by atoms with Crippen LogP contribution in [-0.2, 0) is 0 Å². The summed E-state index contributed by atoms with van der Waals surface area (Å²) in [7, 11) is 0. The molecule has 0 amide bonds. The van der Waals surface area contributed by atoms with Crippen molar-refractivity contribution in [2.75, 3.05) is 6.54 Å². The molecule has 17 heavy (non-hydrogen) atoms. The molecule has 0 saturated carbocycles. The van der Waals surface area contributed by atoms with E-state index >= 15 is 0 Å². The van der Waals surface area contributed by atoms with Crippen molar-refractivity contribution in [2.24, 2.45) is 5.92 Å². The van der Waals surface area contributed by atoms with Gasteiger partial charge in [-0.1, -0.05) is 45.4 Å². The Labute approximate surface area is 108 Å². The van der Waals surface area contributed by atoms with Gasteiger partial charge in [-0.25, -0.2) is 4.39 Å². The van der Waals surface area contributed by atoms with E-state index < -0.39 is 0 Å². The van der Waals surface area contributed by atoms with Gasteiger partial charge in [0.2, 0.25) is 0 Å². The molecule has 96 valence electrons. The van der Waals surface area contributed by atoms with Crippen LogP contribution in [0.5, 0.6) is 0 Å². The maximum atomic E-state index is 13.0. The summed E-state index contributed by atoms with van der Waals surface area (Å²) < 4.78 is 13.0. The molecular weight excluding hydrogens is 237 g/mol. The number of likely N-dealkylation sites (N-methyl/N-ethyl adjacent to an activating group) is 1. The minimum atomic E-state index is -0.282. The van der Waals surface area contributed by atoms with Crippen LogP contribution in [0.2, 0.25) is 5.02 Å². The van der Waals surface area contributed by atoms with Crippen LogP contribution in [0.4, 0.5) is 4.39 Å². The molecule has 1 nitrogen and oxygen atoms in total. The standard InChI is InChI=1S/C14H21ClFN/c1-5-17-14(9(2)3)10(4)12-7-6-11(16)8-13(12)15/h6-10,14,17H,5H2,1-4H3. The van der Waals surface area contributed by atoms with Crippen LogP contribution in [0.1, 0.15) is 39.2 Å². The zero-order chi connectivity index (χ0) is 13.0. The summed E-state index contributed by atoms with van der Waals surface area (Å²) in [6.07, 6.45) is 0. The second kappa shape index (κ2) is 6.36. The molecule has 0 aliphatic carbocycles. The largest absolute Gasteiger partial charge is 0.313 e. The van der Waals surface area contributed by atoms with Gasteiger partial charge in [-0.15, -0.1) is 0 Å². The van der Waals surface area contributed by atoms with E-state index in [2.05, 4.69) is 33.0 Å². The lowest BCUT2D eigenvalue weighted by atomic mass is 9.86. The highest BCUT2D eigenvalue weighted by Crippen LogP contribution is 2.30. The molecule has 1 N–H and O–H groups in total. The Morgan fingerprint density at radius 2 is 1.94 bits per heavy atom. The van der Waals surface area contributed by atoms with Gasteiger partial charge in [0.1, 0.15) is 5.82 Å². The normalized spacial score (nSPS) is 15.0. The molecule has 0 heterocycles. The highest BCUT2D eigenvalue weighted by atomic mass is 35.5. The molecule has 2 unspecified atom stereocenters. The van der Waals surface area contributed by atoms with Crippen molar-refractivity contribution < 1.29 is 4.39 Å². The third-order valence-electron chi connectivity index (χ3n) is 3.15. The average Bonchev–Trinajstić information content (AvgIpc) is 2.24. The fraction of sp³-hybridized carbons (Fsp3) is 0.571. The van der Waals surface area contributed by atoms with Gasteiger partial charge < -0.3 is 5.32 Å². The predicted octanol–water partition coefficient (Wildman–Crippen LogP) is 4.22. The molecule has 1 rings (SSSR count). The number of nitrogens with one attached hydrogen (secondary N) is 1. The molecule has 2 atom stereocenters. The van der Waals surface area contributed by atoms with Gasteiger partial charge >= 0.3 is 0 Å². The molecule has 0 aliphatic rings. The lowest BCUT2D eigenvalue weighted by Crippen LogP contribution is -2.38. The van der Waals surface area contributed by atoms with E-state index in [1.165, 1.54) is 12.1 Å². The van der Waals surface area contributed by atoms with Gasteiger partial charge in [0.25, 0.3) is 0 Å². The van der Waals surface area contributed by atoms with E-state index in [0.29, 0.717) is 17.0 Å². The van der Waals surface area contributed by atoms with Crippen LogP contribution in [0.25, 0.3) is 0 Å². The van der Waals surface area contributed by atoms with Crippen LogP contribution in [0.3, 0.4) is 0 Å². The zero-order valence-corrected chi connectivity index (χ0v) is 11.7. The maximum absolute atomic E-state index is 13.0. The summed E-state index contributed by atoms with van der Waals surface area (Å²) in [5.41, 5.74) is 1.01. The first-order valence-electron chi connectivity index (χ1n) is 6.15. The molecule has 0 saturated heterocycles. The Bertz CT molecular complexity index is 365. The Morgan fingerprint density at radius 1 is 1.29 bits per heavy atom. The minimum absolute atomic E-state index is 0.267. The van der Waals surface area contributed by atoms with Crippen molar-refractivity contribution >= 4 is 11.6 Å². The summed E-state index contributed by atoms with van der Waals surface area (Å²) in [5, 5.41) is 3.98. The van der Waals surface area contributed by atoms with Crippen molar-refractivity contribution in [3.8, 4) is 0 Å². The Morgan fingerprint density at radius 3 is 2.41 bits per heavy atom. The number of halogens is 2. The second-order valence-electron chi connectivity index (χ2n) is 4.78. The van der Waals surface area contributed by atoms with Gasteiger partial charge in [0.15, 0.2) is 0 Å². The van der Waals surface area contributed by atoms with Crippen molar-refractivity contribution in [3.05, 3.63) is 34.6 Å². The van der Waals surface area contributed by atoms with Gasteiger partial charge in [0, 0.05) is 11.1 Å². The fourth-order valence-corrected chi connectivity index (χ4v) is 2.63. The molecule has 0 aliphatic heterocycles. The number of hydrogen-bond acceptors (Lipinski definition) is 1. The highest BCUT2D eigenvalue weighted by molar-refractivity contribution is 6.31. The maximum Gasteiger partial charge on any atom is 0.124 e. The SMILES string of the molecule is CCNC(C(C)C)C(C)c1ccc(F)cc1Cl. The van der Waals surface area contributed by atoms with E-state index in [4.69, 9.17) is 11.6 Å². The van der Waals surface area contributed by atoms with E-state index in [9.17, 15) is 4.39 Å². The summed E-state index contributed by atoms with van der Waals surface area (Å²) in [4.78, 5) is 0. The minimum Gasteiger partial charge on any atom is -0.313 e. The van der Waals surface area contributed by atoms with Crippen molar-refractivity contribution in [1.29, 1.82) is 0 Å². The Kier molecular flexibility index (Phi) is 5.41. The molecule has 0 radical (unpaired) electrons. The lowest BCUT2D eigenvalue weighted by molar-refractivity contribution is 0.360. The topological polar surface area (TPSA) is 12.0 Å². The van der Waals surface area contributed by atoms with Crippen molar-refractivity contribution in [1.82, 2.24) is 5.32 Å². The van der Waals surface area contributed by atoms with Crippen LogP contribution in [0.15, 0.2) is 18.2 Å². The van der Waals surface area contributed by atoms with Gasteiger partial charge in [-0.2, -0.15) is 0 Å². The molecule has 0 aromatic heterocycles. The first-order chi connectivity index (χ1) is 7.97. The van der Waals surface area contributed by atoms with E-state index in [0.717, 1.165) is 12.1 Å². The Hall–Kier alpha value is -0.600. The third kappa shape index (κ3) is 3.68. The van der Waals surface area contributed by atoms with E-state index in [1.807, 2.05) is 0 Å². The quantitative estimate of drug-likeness (QED) is 0.833. The first-order valence-corrected chi connectivity index (χ1v) is 6.53. The summed E-state index contributed by atoms with van der Waals surface area (Å²) >= 11 is 6.11. The average molecular weight is 258 g/mol. The lowest BCUT2D eigenvalue weighted by Gasteiger charge is -2.29. The number of rotatable bonds is 5. The summed E-state index contributed by atoms with van der Waals surface area (Å²) in [6.45, 7) is 9.51. The van der Waals surface area contributed by atoms with Gasteiger partial charge in [-0.3, -0.25) is 0 Å². The van der Waals surface area contributed by atoms with E-state index in [1.54, 1.807) is 6.07 Å². The predicted molar refractivity (Wildman–Crippen MR) is 72.1 cm³/mol. The Balaban J connectivity index is 2.96. The molecule has 0 fully saturated rings. The molecular formula is C14H21ClFN. The molecule has 0 bridgehead atoms. The molecule has 1 aromatic rings. The van der Waals surface area contributed by atoms with E-state index in [-0.39, 0.29) is 11.7 Å². The van der Waals surface area contributed by atoms with Gasteiger partial charge in [-0.05, 0) is 36.1 Å². The number of hydrogen-bond donors (Lipinski definition) is 1. The molecule has 3 heteroatoms. The van der Waals surface area contributed by atoms with Crippen LogP contribution >= 0.6 is 11.6 Å². The smallest absolute Gasteiger partial charge is 0.124 e. The summed E-state index contributed by atoms with van der Waals surface area (Å²) in [5.74, 6) is 0.490. The van der Waals surface area contributed by atoms with Gasteiger partial charge in [0.05, 0.1) is 0 Å². The molecule has 1 aromatic carbocycles. The van der Waals surface area contributed by atoms with Crippen molar-refractivity contribution in [3.63, 3.8) is 0 Å². The monoisotopic (exact) mass is 257 g/mol. The van der Waals surface area contributed by atoms with Crippen LogP contribution in [-0.4, -0.2) is 12.6 Å². The summed E-state index contributed by atoms with van der Waals surface area (Å²) in [6, 6.07) is 5.00. The second-order valence-corrected chi connectivity index (χ2v) is 5.19. The first kappa shape index (κ1) is 14.5. The number of benzene rings is 1. The highest BCUT2D eigenvalue weighted by Gasteiger charge is 2.23. The van der Waals surface area contributed by atoms with Crippen LogP contribution in [0, 0.1) is 11.7 Å². The van der Waals surface area contributed by atoms with Crippen LogP contribution < -0.4 is 5.32 Å². The zero-order valence-electron chi connectivity index (χ0n) is 10.9. The fourth-order valence-electron chi connectivity index (χ4n) is 2.29. The third-order valence-corrected chi connectivity index (χ3v) is 3.48. The van der Waals surface area contributed by atoms with Crippen molar-refractivity contribution in [2.45, 2.75) is 39.7 Å². The molecule has 0 spiro atoms.